The third kappa shape index (κ3) is 3.43. The van der Waals surface area contributed by atoms with Crippen LogP contribution in [-0.4, -0.2) is 5.91 Å². The van der Waals surface area contributed by atoms with Crippen LogP contribution in [0.15, 0.2) is 41.8 Å². The first-order valence-electron chi connectivity index (χ1n) is 5.69. The van der Waals surface area contributed by atoms with Gasteiger partial charge < -0.3 is 5.32 Å². The normalized spacial score (nSPS) is 10.2. The highest BCUT2D eigenvalue weighted by Crippen LogP contribution is 2.13. The summed E-state index contributed by atoms with van der Waals surface area (Å²) < 4.78 is 0. The number of benzene rings is 1. The molecular weight excluding hydrogens is 230 g/mol. The Hall–Kier alpha value is -1.61. The maximum Gasteiger partial charge on any atom is 0.229 e. The molecule has 0 saturated carbocycles. The smallest absolute Gasteiger partial charge is 0.229 e. The number of thiophene rings is 1. The first kappa shape index (κ1) is 11.9. The van der Waals surface area contributed by atoms with Crippen LogP contribution in [0.1, 0.15) is 17.4 Å². The summed E-state index contributed by atoms with van der Waals surface area (Å²) in [5, 5.41) is 4.91. The minimum Gasteiger partial charge on any atom is -0.326 e. The fourth-order valence-corrected chi connectivity index (χ4v) is 2.35. The highest BCUT2D eigenvalue weighted by molar-refractivity contribution is 7.10. The molecule has 0 aliphatic heterocycles. The largest absolute Gasteiger partial charge is 0.326 e. The molecule has 3 heteroatoms. The van der Waals surface area contributed by atoms with Crippen LogP contribution in [0.5, 0.6) is 0 Å². The molecule has 1 aromatic carbocycles. The molecule has 88 valence electrons. The van der Waals surface area contributed by atoms with Crippen LogP contribution in [0.2, 0.25) is 0 Å². The summed E-state index contributed by atoms with van der Waals surface area (Å²) in [6.07, 6.45) is 1.43. The Morgan fingerprint density at radius 3 is 2.88 bits per heavy atom. The molecule has 0 bridgehead atoms. The van der Waals surface area contributed by atoms with E-state index in [-0.39, 0.29) is 5.91 Å². The van der Waals surface area contributed by atoms with Crippen molar-refractivity contribution in [2.75, 3.05) is 5.32 Å². The summed E-state index contributed by atoms with van der Waals surface area (Å²) in [5.41, 5.74) is 2.12. The molecule has 0 saturated heterocycles. The predicted molar refractivity (Wildman–Crippen MR) is 72.5 cm³/mol. The number of rotatable bonds is 4. The predicted octanol–water partition coefficient (Wildman–Crippen LogP) is 3.49. The molecule has 0 atom stereocenters. The van der Waals surface area contributed by atoms with Gasteiger partial charge in [0.05, 0.1) is 6.42 Å². The van der Waals surface area contributed by atoms with Crippen LogP contribution in [0, 0.1) is 0 Å². The zero-order valence-corrected chi connectivity index (χ0v) is 10.6. The van der Waals surface area contributed by atoms with Gasteiger partial charge in [0, 0.05) is 10.6 Å². The van der Waals surface area contributed by atoms with Gasteiger partial charge in [0.2, 0.25) is 5.91 Å². The molecule has 0 radical (unpaired) electrons. The van der Waals surface area contributed by atoms with Crippen molar-refractivity contribution in [2.24, 2.45) is 0 Å². The van der Waals surface area contributed by atoms with E-state index in [1.807, 2.05) is 35.7 Å². The van der Waals surface area contributed by atoms with Gasteiger partial charge in [-0.25, -0.2) is 0 Å². The monoisotopic (exact) mass is 245 g/mol. The van der Waals surface area contributed by atoms with Crippen molar-refractivity contribution in [3.8, 4) is 0 Å². The van der Waals surface area contributed by atoms with Gasteiger partial charge >= 0.3 is 0 Å². The molecule has 1 N–H and O–H groups in total. The fourth-order valence-electron chi connectivity index (χ4n) is 1.65. The zero-order chi connectivity index (χ0) is 12.1. The third-order valence-corrected chi connectivity index (χ3v) is 3.41. The maximum atomic E-state index is 11.8. The van der Waals surface area contributed by atoms with Crippen LogP contribution < -0.4 is 5.32 Å². The van der Waals surface area contributed by atoms with E-state index in [9.17, 15) is 4.79 Å². The number of anilines is 1. The number of amides is 1. The van der Waals surface area contributed by atoms with Gasteiger partial charge in [-0.1, -0.05) is 25.1 Å². The van der Waals surface area contributed by atoms with Crippen molar-refractivity contribution < 1.29 is 4.79 Å². The van der Waals surface area contributed by atoms with Crippen molar-refractivity contribution in [1.82, 2.24) is 0 Å². The van der Waals surface area contributed by atoms with E-state index in [4.69, 9.17) is 0 Å². The number of carbonyl (C=O) groups excluding carboxylic acids is 1. The molecule has 0 spiro atoms. The lowest BCUT2D eigenvalue weighted by molar-refractivity contribution is -0.115. The van der Waals surface area contributed by atoms with Crippen molar-refractivity contribution in [3.63, 3.8) is 0 Å². The number of nitrogens with one attached hydrogen (secondary N) is 1. The van der Waals surface area contributed by atoms with Gasteiger partial charge in [0.15, 0.2) is 0 Å². The average molecular weight is 245 g/mol. The van der Waals surface area contributed by atoms with Crippen LogP contribution in [0.25, 0.3) is 0 Å². The fraction of sp³-hybridized carbons (Fsp3) is 0.214. The van der Waals surface area contributed by atoms with E-state index in [0.29, 0.717) is 6.42 Å². The van der Waals surface area contributed by atoms with Gasteiger partial charge in [-0.2, -0.15) is 0 Å². The second-order valence-corrected chi connectivity index (χ2v) is 4.89. The number of hydrogen-bond donors (Lipinski definition) is 1. The van der Waals surface area contributed by atoms with Crippen LogP contribution >= 0.6 is 11.3 Å². The van der Waals surface area contributed by atoms with Gasteiger partial charge in [0.1, 0.15) is 0 Å². The molecule has 1 amide bonds. The molecule has 0 unspecified atom stereocenters. The van der Waals surface area contributed by atoms with Gasteiger partial charge in [-0.05, 0) is 35.6 Å². The topological polar surface area (TPSA) is 29.1 Å². The van der Waals surface area contributed by atoms with E-state index in [0.717, 1.165) is 17.0 Å². The third-order valence-electron chi connectivity index (χ3n) is 2.53. The Labute approximate surface area is 105 Å². The summed E-state index contributed by atoms with van der Waals surface area (Å²) in [6.45, 7) is 2.10. The standard InChI is InChI=1S/C14H15NOS/c1-2-11-5-3-6-12(9-11)15-14(16)10-13-7-4-8-17-13/h3-9H,2,10H2,1H3,(H,15,16). The van der Waals surface area contributed by atoms with Gasteiger partial charge in [0.25, 0.3) is 0 Å². The van der Waals surface area contributed by atoms with Crippen LogP contribution in [0.4, 0.5) is 5.69 Å². The summed E-state index contributed by atoms with van der Waals surface area (Å²) in [6, 6.07) is 11.9. The highest BCUT2D eigenvalue weighted by atomic mass is 32.1. The van der Waals surface area contributed by atoms with E-state index < -0.39 is 0 Å². The first-order valence-corrected chi connectivity index (χ1v) is 6.57. The zero-order valence-electron chi connectivity index (χ0n) is 9.77. The van der Waals surface area contributed by atoms with E-state index >= 15 is 0 Å². The summed E-state index contributed by atoms with van der Waals surface area (Å²) in [4.78, 5) is 12.9. The Bertz CT molecular complexity index is 491. The lowest BCUT2D eigenvalue weighted by Crippen LogP contribution is -2.13. The minimum atomic E-state index is 0.0423. The lowest BCUT2D eigenvalue weighted by Gasteiger charge is -2.05. The SMILES string of the molecule is CCc1cccc(NC(=O)Cc2cccs2)c1. The minimum absolute atomic E-state index is 0.0423. The molecule has 0 aliphatic rings. The number of hydrogen-bond acceptors (Lipinski definition) is 2. The Kier molecular flexibility index (Phi) is 3.94. The van der Waals surface area contributed by atoms with Crippen LogP contribution in [0.3, 0.4) is 0 Å². The van der Waals surface area contributed by atoms with E-state index in [1.54, 1.807) is 11.3 Å². The van der Waals surface area contributed by atoms with Crippen LogP contribution in [-0.2, 0) is 17.6 Å². The molecule has 0 fully saturated rings. The van der Waals surface area contributed by atoms with Gasteiger partial charge in [-0.3, -0.25) is 4.79 Å². The van der Waals surface area contributed by atoms with Gasteiger partial charge in [-0.15, -0.1) is 11.3 Å². The molecule has 1 aromatic heterocycles. The van der Waals surface area contributed by atoms with Crippen molar-refractivity contribution in [3.05, 3.63) is 52.2 Å². The van der Waals surface area contributed by atoms with Crippen molar-refractivity contribution >= 4 is 22.9 Å². The summed E-state index contributed by atoms with van der Waals surface area (Å²) >= 11 is 1.61. The Morgan fingerprint density at radius 1 is 1.29 bits per heavy atom. The summed E-state index contributed by atoms with van der Waals surface area (Å²) in [7, 11) is 0. The number of aryl methyl sites for hydroxylation is 1. The second-order valence-electron chi connectivity index (χ2n) is 3.86. The molecule has 2 aromatic rings. The molecular formula is C14H15NOS. The number of carbonyl (C=O) groups is 1. The average Bonchev–Trinajstić information content (AvgIpc) is 2.82. The second kappa shape index (κ2) is 5.64. The summed E-state index contributed by atoms with van der Waals surface area (Å²) in [5.74, 6) is 0.0423. The van der Waals surface area contributed by atoms with Crippen molar-refractivity contribution in [1.29, 1.82) is 0 Å². The quantitative estimate of drug-likeness (QED) is 0.877. The van der Waals surface area contributed by atoms with E-state index in [2.05, 4.69) is 18.3 Å². The molecule has 1 heterocycles. The Morgan fingerprint density at radius 2 is 2.18 bits per heavy atom. The van der Waals surface area contributed by atoms with Crippen molar-refractivity contribution in [2.45, 2.75) is 19.8 Å². The Balaban J connectivity index is 1.98. The molecule has 2 nitrogen and oxygen atoms in total. The molecule has 0 aliphatic carbocycles. The molecule has 17 heavy (non-hydrogen) atoms. The molecule has 2 rings (SSSR count). The maximum absolute atomic E-state index is 11.8. The lowest BCUT2D eigenvalue weighted by atomic mass is 10.1. The highest BCUT2D eigenvalue weighted by Gasteiger charge is 2.04. The first-order chi connectivity index (χ1) is 8.28. The van der Waals surface area contributed by atoms with E-state index in [1.165, 1.54) is 5.56 Å².